The van der Waals surface area contributed by atoms with Gasteiger partial charge < -0.3 is 15.2 Å². The summed E-state index contributed by atoms with van der Waals surface area (Å²) in [5, 5.41) is 0. The number of ether oxygens (including phenoxy) is 2. The highest BCUT2D eigenvalue weighted by molar-refractivity contribution is 6.01. The molecule has 2 N–H and O–H groups in total. The number of nitrogens with two attached hydrogens (primary N) is 1. The molecule has 1 unspecified atom stereocenters. The number of nitrogens with zero attached hydrogens (tertiary/aromatic N) is 2. The SMILES string of the molecule is CC(C)C(N)C(=O)c1ccc(OC(=O)c2ccncc2)c(OC(=O)c2ccncc2)c1. The largest absolute Gasteiger partial charge is 0.419 e. The van der Waals surface area contributed by atoms with E-state index in [4.69, 9.17) is 15.2 Å². The van der Waals surface area contributed by atoms with Gasteiger partial charge >= 0.3 is 11.9 Å². The molecular formula is C23H21N3O5. The van der Waals surface area contributed by atoms with Gasteiger partial charge in [-0.05, 0) is 48.4 Å². The van der Waals surface area contributed by atoms with E-state index >= 15 is 0 Å². The van der Waals surface area contributed by atoms with Crippen molar-refractivity contribution >= 4 is 17.7 Å². The summed E-state index contributed by atoms with van der Waals surface area (Å²) in [6.07, 6.45) is 5.80. The fourth-order valence-electron chi connectivity index (χ4n) is 2.61. The fraction of sp³-hybridized carbons (Fsp3) is 0.174. The van der Waals surface area contributed by atoms with Gasteiger partial charge in [0, 0.05) is 30.4 Å². The van der Waals surface area contributed by atoms with Crippen LogP contribution in [-0.4, -0.2) is 33.7 Å². The van der Waals surface area contributed by atoms with Crippen LogP contribution in [0.5, 0.6) is 11.5 Å². The van der Waals surface area contributed by atoms with Crippen molar-refractivity contribution in [2.45, 2.75) is 19.9 Å². The number of carbonyl (C=O) groups is 3. The van der Waals surface area contributed by atoms with Gasteiger partial charge in [0.05, 0.1) is 17.2 Å². The Morgan fingerprint density at radius 3 is 1.71 bits per heavy atom. The summed E-state index contributed by atoms with van der Waals surface area (Å²) in [7, 11) is 0. The van der Waals surface area contributed by atoms with Crippen LogP contribution in [0.25, 0.3) is 0 Å². The Morgan fingerprint density at radius 2 is 1.23 bits per heavy atom. The summed E-state index contributed by atoms with van der Waals surface area (Å²) < 4.78 is 10.9. The average molecular weight is 419 g/mol. The number of esters is 2. The molecule has 1 aromatic carbocycles. The van der Waals surface area contributed by atoms with Crippen molar-refractivity contribution in [1.82, 2.24) is 9.97 Å². The maximum absolute atomic E-state index is 12.7. The number of aromatic nitrogens is 2. The lowest BCUT2D eigenvalue weighted by atomic mass is 9.96. The number of carbonyl (C=O) groups excluding carboxylic acids is 3. The van der Waals surface area contributed by atoms with Crippen molar-refractivity contribution in [3.8, 4) is 11.5 Å². The molecule has 0 amide bonds. The Kier molecular flexibility index (Phi) is 6.84. The number of rotatable bonds is 7. The van der Waals surface area contributed by atoms with Gasteiger partial charge in [-0.2, -0.15) is 0 Å². The fourth-order valence-corrected chi connectivity index (χ4v) is 2.61. The topological polar surface area (TPSA) is 121 Å². The minimum atomic E-state index is -0.728. The zero-order valence-electron chi connectivity index (χ0n) is 17.0. The van der Waals surface area contributed by atoms with Gasteiger partial charge in [0.25, 0.3) is 0 Å². The van der Waals surface area contributed by atoms with Crippen molar-refractivity contribution in [2.24, 2.45) is 11.7 Å². The molecule has 8 nitrogen and oxygen atoms in total. The van der Waals surface area contributed by atoms with Crippen molar-refractivity contribution in [2.75, 3.05) is 0 Å². The predicted molar refractivity (Wildman–Crippen MR) is 112 cm³/mol. The Labute approximate surface area is 179 Å². The lowest BCUT2D eigenvalue weighted by molar-refractivity contribution is 0.0682. The molecule has 3 rings (SSSR count). The van der Waals surface area contributed by atoms with Crippen LogP contribution in [0.4, 0.5) is 0 Å². The maximum Gasteiger partial charge on any atom is 0.343 e. The minimum Gasteiger partial charge on any atom is -0.419 e. The molecule has 0 aliphatic carbocycles. The van der Waals surface area contributed by atoms with Crippen molar-refractivity contribution in [1.29, 1.82) is 0 Å². The summed E-state index contributed by atoms with van der Waals surface area (Å²) in [6.45, 7) is 3.66. The van der Waals surface area contributed by atoms with E-state index in [0.717, 1.165) is 0 Å². The Hall–Kier alpha value is -3.91. The molecule has 0 spiro atoms. The minimum absolute atomic E-state index is 0.0149. The second kappa shape index (κ2) is 9.73. The molecule has 0 aliphatic heterocycles. The van der Waals surface area contributed by atoms with Gasteiger partial charge in [0.1, 0.15) is 0 Å². The van der Waals surface area contributed by atoms with Gasteiger partial charge in [-0.1, -0.05) is 13.8 Å². The highest BCUT2D eigenvalue weighted by Crippen LogP contribution is 2.31. The first-order valence-corrected chi connectivity index (χ1v) is 9.55. The van der Waals surface area contributed by atoms with Gasteiger partial charge in [-0.25, -0.2) is 9.59 Å². The Morgan fingerprint density at radius 1 is 0.742 bits per heavy atom. The van der Waals surface area contributed by atoms with Crippen molar-refractivity contribution < 1.29 is 23.9 Å². The van der Waals surface area contributed by atoms with Crippen LogP contribution in [-0.2, 0) is 0 Å². The van der Waals surface area contributed by atoms with E-state index in [9.17, 15) is 14.4 Å². The van der Waals surface area contributed by atoms with E-state index < -0.39 is 18.0 Å². The number of ketones is 1. The van der Waals surface area contributed by atoms with Gasteiger partial charge in [0.15, 0.2) is 17.3 Å². The molecule has 3 aromatic rings. The molecule has 1 atom stereocenters. The van der Waals surface area contributed by atoms with Crippen molar-refractivity contribution in [3.63, 3.8) is 0 Å². The number of Topliss-reactive ketones (excluding diaryl/α,β-unsaturated/α-hetero) is 1. The van der Waals surface area contributed by atoms with Crippen LogP contribution in [0.3, 0.4) is 0 Å². The van der Waals surface area contributed by atoms with Crippen LogP contribution in [0.1, 0.15) is 44.9 Å². The molecule has 0 bridgehead atoms. The summed E-state index contributed by atoms with van der Waals surface area (Å²) in [5.74, 6) is -1.85. The molecule has 0 saturated heterocycles. The van der Waals surface area contributed by atoms with E-state index in [0.29, 0.717) is 0 Å². The second-order valence-corrected chi connectivity index (χ2v) is 7.05. The first kappa shape index (κ1) is 21.8. The molecule has 2 heterocycles. The highest BCUT2D eigenvalue weighted by Gasteiger charge is 2.23. The Balaban J connectivity index is 1.94. The number of hydrogen-bond donors (Lipinski definition) is 1. The predicted octanol–water partition coefficient (Wildman–Crippen LogP) is 3.08. The monoisotopic (exact) mass is 419 g/mol. The smallest absolute Gasteiger partial charge is 0.343 e. The van der Waals surface area contributed by atoms with E-state index in [1.165, 1.54) is 67.3 Å². The second-order valence-electron chi connectivity index (χ2n) is 7.05. The van der Waals surface area contributed by atoms with Crippen LogP contribution in [0, 0.1) is 5.92 Å². The van der Waals surface area contributed by atoms with Gasteiger partial charge in [-0.15, -0.1) is 0 Å². The lowest BCUT2D eigenvalue weighted by Crippen LogP contribution is -2.35. The van der Waals surface area contributed by atoms with Crippen LogP contribution >= 0.6 is 0 Å². The molecule has 0 radical (unpaired) electrons. The molecule has 0 fully saturated rings. The van der Waals surface area contributed by atoms with Crippen LogP contribution in [0.15, 0.2) is 67.3 Å². The van der Waals surface area contributed by atoms with E-state index in [-0.39, 0.29) is 39.9 Å². The normalized spacial score (nSPS) is 11.6. The summed E-state index contributed by atoms with van der Waals surface area (Å²) >= 11 is 0. The molecular weight excluding hydrogens is 398 g/mol. The Bertz CT molecular complexity index is 1080. The third-order valence-corrected chi connectivity index (χ3v) is 4.49. The molecule has 0 aliphatic rings. The summed E-state index contributed by atoms with van der Waals surface area (Å²) in [5.41, 5.74) is 6.73. The van der Waals surface area contributed by atoms with Gasteiger partial charge in [0.2, 0.25) is 0 Å². The third-order valence-electron chi connectivity index (χ3n) is 4.49. The number of pyridine rings is 2. The average Bonchev–Trinajstić information content (AvgIpc) is 2.80. The van der Waals surface area contributed by atoms with Crippen molar-refractivity contribution in [3.05, 3.63) is 83.9 Å². The zero-order valence-corrected chi connectivity index (χ0v) is 17.0. The van der Waals surface area contributed by atoms with Crippen LogP contribution in [0.2, 0.25) is 0 Å². The zero-order chi connectivity index (χ0) is 22.4. The lowest BCUT2D eigenvalue weighted by Gasteiger charge is -2.16. The number of benzene rings is 1. The van der Waals surface area contributed by atoms with E-state index in [2.05, 4.69) is 9.97 Å². The quantitative estimate of drug-likeness (QED) is 0.352. The molecule has 0 saturated carbocycles. The maximum atomic E-state index is 12.7. The highest BCUT2D eigenvalue weighted by atomic mass is 16.6. The summed E-state index contributed by atoms with van der Waals surface area (Å²) in [4.78, 5) is 45.4. The third kappa shape index (κ3) is 5.37. The summed E-state index contributed by atoms with van der Waals surface area (Å²) in [6, 6.07) is 9.43. The molecule has 31 heavy (non-hydrogen) atoms. The number of hydrogen-bond acceptors (Lipinski definition) is 8. The molecule has 158 valence electrons. The van der Waals surface area contributed by atoms with Crippen LogP contribution < -0.4 is 15.2 Å². The first-order valence-electron chi connectivity index (χ1n) is 9.55. The molecule has 8 heteroatoms. The van der Waals surface area contributed by atoms with E-state index in [1.54, 1.807) is 0 Å². The first-order chi connectivity index (χ1) is 14.9. The standard InChI is InChI=1S/C23H21N3O5/c1-14(2)20(24)21(27)17-3-4-18(30-22(28)15-5-9-25-10-6-15)19(13-17)31-23(29)16-7-11-26-12-8-16/h3-14,20H,24H2,1-2H3. The van der Waals surface area contributed by atoms with Gasteiger partial charge in [-0.3, -0.25) is 14.8 Å². The molecule has 2 aromatic heterocycles. The van der Waals surface area contributed by atoms with E-state index in [1.807, 2.05) is 13.8 Å².